The van der Waals surface area contributed by atoms with Gasteiger partial charge in [0.25, 0.3) is 0 Å². The molecule has 0 aliphatic heterocycles. The second-order valence-corrected chi connectivity index (χ2v) is 5.67. The lowest BCUT2D eigenvalue weighted by Crippen LogP contribution is -2.23. The fourth-order valence-corrected chi connectivity index (χ4v) is 2.86. The molecule has 17 heavy (non-hydrogen) atoms. The molecule has 5 heteroatoms. The van der Waals surface area contributed by atoms with Crippen molar-refractivity contribution in [2.45, 2.75) is 25.3 Å². The van der Waals surface area contributed by atoms with Gasteiger partial charge in [-0.25, -0.2) is 0 Å². The summed E-state index contributed by atoms with van der Waals surface area (Å²) in [6.07, 6.45) is 2.58. The standard InChI is InChI=1S/C12H14BrClN2O/c13-10-6-8(14)2-4-11(10)16-12(17)7-1-3-9(15)5-7/h2,4,6-7,9H,1,3,5,15H2,(H,16,17). The summed E-state index contributed by atoms with van der Waals surface area (Å²) in [4.78, 5) is 12.0. The number of halogens is 2. The average Bonchev–Trinajstić information content (AvgIpc) is 2.69. The van der Waals surface area contributed by atoms with E-state index in [1.165, 1.54) is 0 Å². The SMILES string of the molecule is NC1CCC(C(=O)Nc2ccc(Cl)cc2Br)C1. The van der Waals surface area contributed by atoms with Crippen LogP contribution in [-0.4, -0.2) is 11.9 Å². The summed E-state index contributed by atoms with van der Waals surface area (Å²) in [5.74, 6) is 0.0774. The first-order valence-corrected chi connectivity index (χ1v) is 6.75. The average molecular weight is 318 g/mol. The number of rotatable bonds is 2. The molecule has 0 aromatic heterocycles. The molecule has 0 heterocycles. The maximum absolute atomic E-state index is 12.0. The molecule has 3 N–H and O–H groups in total. The number of nitrogens with one attached hydrogen (secondary N) is 1. The monoisotopic (exact) mass is 316 g/mol. The Balaban J connectivity index is 2.03. The molecule has 1 saturated carbocycles. The number of benzene rings is 1. The van der Waals surface area contributed by atoms with Crippen LogP contribution in [0.25, 0.3) is 0 Å². The van der Waals surface area contributed by atoms with Crippen molar-refractivity contribution in [2.24, 2.45) is 11.7 Å². The number of nitrogens with two attached hydrogens (primary N) is 1. The summed E-state index contributed by atoms with van der Waals surface area (Å²) >= 11 is 9.21. The van der Waals surface area contributed by atoms with E-state index in [2.05, 4.69) is 21.2 Å². The zero-order valence-corrected chi connectivity index (χ0v) is 11.6. The first-order chi connectivity index (χ1) is 8.06. The molecule has 1 aliphatic rings. The third-order valence-corrected chi connectivity index (χ3v) is 3.92. The van der Waals surface area contributed by atoms with Gasteiger partial charge in [-0.1, -0.05) is 11.6 Å². The third-order valence-electron chi connectivity index (χ3n) is 3.03. The maximum Gasteiger partial charge on any atom is 0.227 e. The van der Waals surface area contributed by atoms with Crippen molar-refractivity contribution < 1.29 is 4.79 Å². The molecular formula is C12H14BrClN2O. The number of carbonyl (C=O) groups excluding carboxylic acids is 1. The Kier molecular flexibility index (Phi) is 4.07. The van der Waals surface area contributed by atoms with Crippen molar-refractivity contribution in [1.29, 1.82) is 0 Å². The van der Waals surface area contributed by atoms with E-state index in [1.807, 2.05) is 0 Å². The van der Waals surface area contributed by atoms with Crippen molar-refractivity contribution in [3.63, 3.8) is 0 Å². The molecule has 92 valence electrons. The van der Waals surface area contributed by atoms with Crippen molar-refractivity contribution in [2.75, 3.05) is 5.32 Å². The van der Waals surface area contributed by atoms with Crippen LogP contribution in [0.4, 0.5) is 5.69 Å². The van der Waals surface area contributed by atoms with Crippen molar-refractivity contribution in [3.05, 3.63) is 27.7 Å². The van der Waals surface area contributed by atoms with Gasteiger partial charge in [-0.15, -0.1) is 0 Å². The van der Waals surface area contributed by atoms with Gasteiger partial charge in [0.15, 0.2) is 0 Å². The van der Waals surface area contributed by atoms with Gasteiger partial charge >= 0.3 is 0 Å². The first kappa shape index (κ1) is 12.9. The van der Waals surface area contributed by atoms with Crippen molar-refractivity contribution >= 4 is 39.1 Å². The van der Waals surface area contributed by atoms with E-state index in [0.29, 0.717) is 5.02 Å². The van der Waals surface area contributed by atoms with Gasteiger partial charge < -0.3 is 11.1 Å². The molecule has 0 spiro atoms. The highest BCUT2D eigenvalue weighted by Crippen LogP contribution is 2.29. The Hall–Kier alpha value is -0.580. The molecule has 0 bridgehead atoms. The number of hydrogen-bond donors (Lipinski definition) is 2. The molecule has 1 fully saturated rings. The fraction of sp³-hybridized carbons (Fsp3) is 0.417. The summed E-state index contributed by atoms with van der Waals surface area (Å²) in [5.41, 5.74) is 6.55. The maximum atomic E-state index is 12.0. The van der Waals surface area contributed by atoms with Gasteiger partial charge in [0, 0.05) is 21.5 Å². The van der Waals surface area contributed by atoms with Crippen LogP contribution in [0.1, 0.15) is 19.3 Å². The summed E-state index contributed by atoms with van der Waals surface area (Å²) in [6.45, 7) is 0. The molecule has 1 aliphatic carbocycles. The highest BCUT2D eigenvalue weighted by atomic mass is 79.9. The Morgan fingerprint density at radius 3 is 2.82 bits per heavy atom. The topological polar surface area (TPSA) is 55.1 Å². The molecule has 0 radical (unpaired) electrons. The fourth-order valence-electron chi connectivity index (χ4n) is 2.08. The Bertz CT molecular complexity index is 439. The van der Waals surface area contributed by atoms with E-state index in [-0.39, 0.29) is 17.9 Å². The lowest BCUT2D eigenvalue weighted by atomic mass is 10.1. The van der Waals surface area contributed by atoms with Gasteiger partial charge in [0.05, 0.1) is 5.69 Å². The van der Waals surface area contributed by atoms with Gasteiger partial charge in [-0.2, -0.15) is 0 Å². The predicted molar refractivity (Wildman–Crippen MR) is 73.1 cm³/mol. The van der Waals surface area contributed by atoms with Crippen LogP contribution >= 0.6 is 27.5 Å². The molecule has 2 rings (SSSR count). The van der Waals surface area contributed by atoms with Gasteiger partial charge in [-0.3, -0.25) is 4.79 Å². The first-order valence-electron chi connectivity index (χ1n) is 5.58. The summed E-state index contributed by atoms with van der Waals surface area (Å²) in [7, 11) is 0. The summed E-state index contributed by atoms with van der Waals surface area (Å²) < 4.78 is 0.792. The predicted octanol–water partition coefficient (Wildman–Crippen LogP) is 3.17. The second-order valence-electron chi connectivity index (χ2n) is 4.38. The van der Waals surface area contributed by atoms with Crippen LogP contribution < -0.4 is 11.1 Å². The van der Waals surface area contributed by atoms with E-state index >= 15 is 0 Å². The Morgan fingerprint density at radius 2 is 2.24 bits per heavy atom. The largest absolute Gasteiger partial charge is 0.328 e. The molecule has 3 nitrogen and oxygen atoms in total. The van der Waals surface area contributed by atoms with E-state index in [0.717, 1.165) is 29.4 Å². The minimum Gasteiger partial charge on any atom is -0.328 e. The Labute approximate surface area is 114 Å². The number of amides is 1. The lowest BCUT2D eigenvalue weighted by molar-refractivity contribution is -0.119. The third kappa shape index (κ3) is 3.21. The normalized spacial score (nSPS) is 23.7. The van der Waals surface area contributed by atoms with Gasteiger partial charge in [0.1, 0.15) is 0 Å². The van der Waals surface area contributed by atoms with Crippen LogP contribution in [0.3, 0.4) is 0 Å². The van der Waals surface area contributed by atoms with E-state index < -0.39 is 0 Å². The number of hydrogen-bond acceptors (Lipinski definition) is 2. The zero-order valence-electron chi connectivity index (χ0n) is 9.25. The molecule has 1 aromatic carbocycles. The van der Waals surface area contributed by atoms with Crippen LogP contribution in [0, 0.1) is 5.92 Å². The van der Waals surface area contributed by atoms with Crippen molar-refractivity contribution in [1.82, 2.24) is 0 Å². The molecular weight excluding hydrogens is 304 g/mol. The number of carbonyl (C=O) groups is 1. The summed E-state index contributed by atoms with van der Waals surface area (Å²) in [6, 6.07) is 5.47. The Morgan fingerprint density at radius 1 is 1.47 bits per heavy atom. The van der Waals surface area contributed by atoms with Crippen LogP contribution in [0.2, 0.25) is 5.02 Å². The molecule has 0 saturated heterocycles. The quantitative estimate of drug-likeness (QED) is 0.880. The summed E-state index contributed by atoms with van der Waals surface area (Å²) in [5, 5.41) is 3.54. The minimum absolute atomic E-state index is 0.0348. The molecule has 1 aromatic rings. The number of anilines is 1. The highest BCUT2D eigenvalue weighted by molar-refractivity contribution is 9.10. The minimum atomic E-state index is 0.0348. The highest BCUT2D eigenvalue weighted by Gasteiger charge is 2.27. The molecule has 2 unspecified atom stereocenters. The van der Waals surface area contributed by atoms with E-state index in [1.54, 1.807) is 18.2 Å². The van der Waals surface area contributed by atoms with E-state index in [4.69, 9.17) is 17.3 Å². The zero-order chi connectivity index (χ0) is 12.4. The van der Waals surface area contributed by atoms with Crippen LogP contribution in [-0.2, 0) is 4.79 Å². The second kappa shape index (κ2) is 5.38. The van der Waals surface area contributed by atoms with Crippen LogP contribution in [0.15, 0.2) is 22.7 Å². The van der Waals surface area contributed by atoms with E-state index in [9.17, 15) is 4.79 Å². The smallest absolute Gasteiger partial charge is 0.227 e. The van der Waals surface area contributed by atoms with Crippen molar-refractivity contribution in [3.8, 4) is 0 Å². The molecule has 2 atom stereocenters. The lowest BCUT2D eigenvalue weighted by Gasteiger charge is -2.12. The van der Waals surface area contributed by atoms with Gasteiger partial charge in [0.2, 0.25) is 5.91 Å². The van der Waals surface area contributed by atoms with Crippen LogP contribution in [0.5, 0.6) is 0 Å². The van der Waals surface area contributed by atoms with Gasteiger partial charge in [-0.05, 0) is 53.4 Å². The molecule has 1 amide bonds.